The van der Waals surface area contributed by atoms with Crippen LogP contribution in [0.4, 0.5) is 17.1 Å². The SMILES string of the molecule is Cc1cc(C)c(B(c2c(C)cc(C)cc2C)c2ccc3ccc4c(N(c5ccccc5)c5ccc6c(c5)C(C)(C)c5ccccc5-6)ccc5ccc2c3c54)c(C)c1. The summed E-state index contributed by atoms with van der Waals surface area (Å²) in [6, 6.07) is 55.4. The highest BCUT2D eigenvalue weighted by atomic mass is 15.1. The van der Waals surface area contributed by atoms with Crippen molar-refractivity contribution >= 4 is 72.5 Å². The maximum absolute atomic E-state index is 2.48. The molecular formula is C55H48BN. The summed E-state index contributed by atoms with van der Waals surface area (Å²) >= 11 is 0. The first-order valence-electron chi connectivity index (χ1n) is 20.5. The second-order valence-corrected chi connectivity index (χ2v) is 17.3. The zero-order valence-electron chi connectivity index (χ0n) is 34.4. The highest BCUT2D eigenvalue weighted by Crippen LogP contribution is 2.51. The van der Waals surface area contributed by atoms with Crippen LogP contribution in [-0.4, -0.2) is 6.71 Å². The highest BCUT2D eigenvalue weighted by molar-refractivity contribution is 6.98. The topological polar surface area (TPSA) is 3.24 Å². The van der Waals surface area contributed by atoms with Gasteiger partial charge >= 0.3 is 0 Å². The van der Waals surface area contributed by atoms with Gasteiger partial charge in [0.25, 0.3) is 0 Å². The predicted octanol–water partition coefficient (Wildman–Crippen LogP) is 12.7. The lowest BCUT2D eigenvalue weighted by Gasteiger charge is -2.30. The lowest BCUT2D eigenvalue weighted by atomic mass is 9.33. The molecule has 0 bridgehead atoms. The summed E-state index contributed by atoms with van der Waals surface area (Å²) in [5.41, 5.74) is 21.1. The normalized spacial score (nSPS) is 13.1. The number of fused-ring (bicyclic) bond motifs is 3. The van der Waals surface area contributed by atoms with E-state index in [4.69, 9.17) is 0 Å². The summed E-state index contributed by atoms with van der Waals surface area (Å²) in [5, 5.41) is 7.81. The number of hydrogen-bond donors (Lipinski definition) is 0. The van der Waals surface area contributed by atoms with Gasteiger partial charge in [-0.05, 0) is 121 Å². The van der Waals surface area contributed by atoms with Crippen LogP contribution in [0.2, 0.25) is 0 Å². The fraction of sp³-hybridized carbons (Fsp3) is 0.164. The van der Waals surface area contributed by atoms with E-state index in [9.17, 15) is 0 Å². The summed E-state index contributed by atoms with van der Waals surface area (Å²) in [5.74, 6) is 0. The molecule has 57 heavy (non-hydrogen) atoms. The summed E-state index contributed by atoms with van der Waals surface area (Å²) in [6.07, 6.45) is 0. The van der Waals surface area contributed by atoms with E-state index in [-0.39, 0.29) is 12.1 Å². The first-order valence-corrected chi connectivity index (χ1v) is 20.5. The number of aryl methyl sites for hydroxylation is 6. The molecule has 1 aliphatic carbocycles. The molecule has 0 unspecified atom stereocenters. The highest BCUT2D eigenvalue weighted by Gasteiger charge is 2.36. The van der Waals surface area contributed by atoms with Crippen LogP contribution in [0.15, 0.2) is 146 Å². The van der Waals surface area contributed by atoms with Crippen LogP contribution in [0.5, 0.6) is 0 Å². The van der Waals surface area contributed by atoms with E-state index < -0.39 is 0 Å². The van der Waals surface area contributed by atoms with Crippen molar-refractivity contribution < 1.29 is 0 Å². The molecule has 0 N–H and O–H groups in total. The van der Waals surface area contributed by atoms with Crippen LogP contribution < -0.4 is 21.3 Å². The third-order valence-electron chi connectivity index (χ3n) is 13.1. The van der Waals surface area contributed by atoms with E-state index in [1.165, 1.54) is 116 Å². The molecule has 0 spiro atoms. The molecule has 0 amide bonds. The monoisotopic (exact) mass is 733 g/mol. The largest absolute Gasteiger partial charge is 0.310 e. The van der Waals surface area contributed by atoms with Crippen LogP contribution >= 0.6 is 0 Å². The zero-order valence-corrected chi connectivity index (χ0v) is 34.4. The van der Waals surface area contributed by atoms with Crippen LogP contribution in [0.3, 0.4) is 0 Å². The Hall–Kier alpha value is -6.12. The summed E-state index contributed by atoms with van der Waals surface area (Å²) < 4.78 is 0. The molecule has 10 rings (SSSR count). The number of anilines is 3. The minimum absolute atomic E-state index is 0.0925. The molecule has 0 aromatic heterocycles. The Labute approximate surface area is 338 Å². The van der Waals surface area contributed by atoms with Gasteiger partial charge in [0.2, 0.25) is 6.71 Å². The average molecular weight is 734 g/mol. The molecule has 9 aromatic carbocycles. The maximum atomic E-state index is 2.48. The second kappa shape index (κ2) is 13.0. The van der Waals surface area contributed by atoms with Crippen molar-refractivity contribution in [2.45, 2.75) is 60.8 Å². The second-order valence-electron chi connectivity index (χ2n) is 17.3. The van der Waals surface area contributed by atoms with Gasteiger partial charge in [-0.2, -0.15) is 0 Å². The van der Waals surface area contributed by atoms with E-state index in [1.54, 1.807) is 0 Å². The minimum Gasteiger partial charge on any atom is -0.310 e. The summed E-state index contributed by atoms with van der Waals surface area (Å²) in [7, 11) is 0. The van der Waals surface area contributed by atoms with Gasteiger partial charge in [0.15, 0.2) is 0 Å². The fourth-order valence-electron chi connectivity index (χ4n) is 10.8. The molecule has 0 heterocycles. The average Bonchev–Trinajstić information content (AvgIpc) is 3.42. The summed E-state index contributed by atoms with van der Waals surface area (Å²) in [4.78, 5) is 2.48. The van der Waals surface area contributed by atoms with Gasteiger partial charge in [-0.25, -0.2) is 0 Å². The number of para-hydroxylation sites is 1. The molecule has 0 radical (unpaired) electrons. The van der Waals surface area contributed by atoms with Crippen LogP contribution in [-0.2, 0) is 5.41 Å². The number of nitrogens with zero attached hydrogens (tertiary/aromatic N) is 1. The van der Waals surface area contributed by atoms with Gasteiger partial charge in [-0.3, -0.25) is 0 Å². The molecule has 0 fully saturated rings. The quantitative estimate of drug-likeness (QED) is 0.121. The molecule has 0 atom stereocenters. The van der Waals surface area contributed by atoms with Gasteiger partial charge in [0, 0.05) is 22.2 Å². The molecule has 276 valence electrons. The predicted molar refractivity (Wildman–Crippen MR) is 248 cm³/mol. The Bertz CT molecular complexity index is 2960. The van der Waals surface area contributed by atoms with Gasteiger partial charge in [-0.1, -0.05) is 179 Å². The zero-order chi connectivity index (χ0) is 39.3. The first-order chi connectivity index (χ1) is 27.5. The Morgan fingerprint density at radius 1 is 0.439 bits per heavy atom. The smallest absolute Gasteiger partial charge is 0.243 e. The van der Waals surface area contributed by atoms with Gasteiger partial charge in [-0.15, -0.1) is 0 Å². The molecule has 1 nitrogen and oxygen atoms in total. The van der Waals surface area contributed by atoms with Crippen molar-refractivity contribution in [3.63, 3.8) is 0 Å². The van der Waals surface area contributed by atoms with Crippen molar-refractivity contribution in [3.8, 4) is 11.1 Å². The fourth-order valence-corrected chi connectivity index (χ4v) is 10.8. The lowest BCUT2D eigenvalue weighted by Crippen LogP contribution is -2.56. The van der Waals surface area contributed by atoms with Gasteiger partial charge < -0.3 is 4.90 Å². The van der Waals surface area contributed by atoms with Crippen molar-refractivity contribution in [2.75, 3.05) is 4.90 Å². The molecular weight excluding hydrogens is 685 g/mol. The van der Waals surface area contributed by atoms with E-state index >= 15 is 0 Å². The van der Waals surface area contributed by atoms with Crippen LogP contribution in [0.1, 0.15) is 58.4 Å². The van der Waals surface area contributed by atoms with Crippen molar-refractivity contribution in [1.82, 2.24) is 0 Å². The van der Waals surface area contributed by atoms with Crippen molar-refractivity contribution in [3.05, 3.63) is 190 Å². The minimum atomic E-state index is -0.0950. The van der Waals surface area contributed by atoms with Gasteiger partial charge in [0.1, 0.15) is 0 Å². The molecule has 1 aliphatic rings. The molecule has 9 aromatic rings. The number of benzene rings is 9. The third-order valence-corrected chi connectivity index (χ3v) is 13.1. The third kappa shape index (κ3) is 5.37. The Morgan fingerprint density at radius 2 is 0.965 bits per heavy atom. The van der Waals surface area contributed by atoms with Crippen LogP contribution in [0, 0.1) is 41.5 Å². The van der Waals surface area contributed by atoms with E-state index in [2.05, 4.69) is 206 Å². The van der Waals surface area contributed by atoms with Crippen molar-refractivity contribution in [2.24, 2.45) is 0 Å². The van der Waals surface area contributed by atoms with E-state index in [0.29, 0.717) is 0 Å². The van der Waals surface area contributed by atoms with E-state index in [1.807, 2.05) is 0 Å². The standard InChI is InChI=1S/C55H48BN/c1-33-28-35(3)53(36(4)29-33)56(54-37(5)30-34(2)31-38(54)6)49-26-20-39-19-24-46-50(27-21-40-18-23-45(49)51(39)52(40)46)57(41-14-10-9-11-15-41)42-22-25-44-43-16-12-13-17-47(43)55(7,8)48(44)32-42/h9-32H,1-8H3. The van der Waals surface area contributed by atoms with Crippen molar-refractivity contribution in [1.29, 1.82) is 0 Å². The Morgan fingerprint density at radius 3 is 1.61 bits per heavy atom. The Balaban J connectivity index is 1.24. The van der Waals surface area contributed by atoms with Crippen LogP contribution in [0.25, 0.3) is 43.4 Å². The number of rotatable bonds is 6. The lowest BCUT2D eigenvalue weighted by molar-refractivity contribution is 0.660. The molecule has 2 heteroatoms. The molecule has 0 saturated heterocycles. The molecule has 0 saturated carbocycles. The van der Waals surface area contributed by atoms with E-state index in [0.717, 1.165) is 5.69 Å². The first kappa shape index (κ1) is 35.3. The number of hydrogen-bond acceptors (Lipinski definition) is 1. The van der Waals surface area contributed by atoms with Gasteiger partial charge in [0.05, 0.1) is 5.69 Å². The Kier molecular flexibility index (Phi) is 8.03. The molecule has 0 aliphatic heterocycles. The maximum Gasteiger partial charge on any atom is 0.243 e. The summed E-state index contributed by atoms with van der Waals surface area (Å²) in [6.45, 7) is 18.5.